The average molecular weight is 355 g/mol. The van der Waals surface area contributed by atoms with Gasteiger partial charge >= 0.3 is 0 Å². The molecule has 0 amide bonds. The first-order chi connectivity index (χ1) is 9.29. The second-order valence-electron chi connectivity index (χ2n) is 4.69. The van der Waals surface area contributed by atoms with E-state index in [4.69, 9.17) is 0 Å². The van der Waals surface area contributed by atoms with Crippen molar-refractivity contribution in [2.75, 3.05) is 4.72 Å². The zero-order valence-corrected chi connectivity index (χ0v) is 13.8. The fourth-order valence-corrected chi connectivity index (χ4v) is 3.91. The number of anilines is 1. The summed E-state index contributed by atoms with van der Waals surface area (Å²) in [5.74, 6) is 0.299. The maximum atomic E-state index is 12.5. The molecule has 0 aliphatic carbocycles. The Morgan fingerprint density at radius 1 is 1.10 bits per heavy atom. The van der Waals surface area contributed by atoms with Crippen LogP contribution in [0.2, 0.25) is 0 Å². The maximum absolute atomic E-state index is 12.5. The number of aromatic nitrogens is 1. The Bertz CT molecular complexity index is 717. The number of nitrogens with zero attached hydrogens (tertiary/aromatic N) is 1. The van der Waals surface area contributed by atoms with Crippen LogP contribution in [0.1, 0.15) is 16.7 Å². The number of nitrogens with one attached hydrogen (secondary N) is 1. The van der Waals surface area contributed by atoms with Gasteiger partial charge in [0.15, 0.2) is 0 Å². The van der Waals surface area contributed by atoms with Crippen LogP contribution in [0.4, 0.5) is 5.82 Å². The number of pyridine rings is 1. The molecule has 20 heavy (non-hydrogen) atoms. The first kappa shape index (κ1) is 15.0. The number of hydrogen-bond acceptors (Lipinski definition) is 3. The van der Waals surface area contributed by atoms with Crippen molar-refractivity contribution < 1.29 is 8.42 Å². The lowest BCUT2D eigenvalue weighted by Crippen LogP contribution is -2.16. The summed E-state index contributed by atoms with van der Waals surface area (Å²) in [7, 11) is -3.63. The van der Waals surface area contributed by atoms with Crippen LogP contribution in [0.15, 0.2) is 39.8 Å². The predicted molar refractivity (Wildman–Crippen MR) is 83.4 cm³/mol. The van der Waals surface area contributed by atoms with Crippen LogP contribution in [-0.2, 0) is 10.0 Å². The van der Waals surface area contributed by atoms with Crippen molar-refractivity contribution in [3.05, 3.63) is 51.6 Å². The second-order valence-corrected chi connectivity index (χ2v) is 7.23. The Morgan fingerprint density at radius 2 is 1.70 bits per heavy atom. The summed E-state index contributed by atoms with van der Waals surface area (Å²) < 4.78 is 28.3. The molecule has 0 saturated heterocycles. The van der Waals surface area contributed by atoms with Gasteiger partial charge in [-0.05, 0) is 60.0 Å². The van der Waals surface area contributed by atoms with Crippen LogP contribution in [0.5, 0.6) is 0 Å². The third-order valence-corrected chi connectivity index (χ3v) is 4.97. The molecule has 4 nitrogen and oxygen atoms in total. The first-order valence-electron chi connectivity index (χ1n) is 6.02. The SMILES string of the molecule is Cc1cc(C)c(S(=O)(=O)Nc2ccc(Br)cn2)c(C)c1. The summed E-state index contributed by atoms with van der Waals surface area (Å²) in [6, 6.07) is 7.06. The highest BCUT2D eigenvalue weighted by Gasteiger charge is 2.20. The Kier molecular flexibility index (Phi) is 4.15. The smallest absolute Gasteiger partial charge is 0.263 e. The van der Waals surface area contributed by atoms with E-state index in [-0.39, 0.29) is 0 Å². The molecule has 1 aromatic heterocycles. The molecule has 0 fully saturated rings. The number of sulfonamides is 1. The van der Waals surface area contributed by atoms with Crippen molar-refractivity contribution in [3.8, 4) is 0 Å². The van der Waals surface area contributed by atoms with Crippen molar-refractivity contribution in [1.29, 1.82) is 0 Å². The van der Waals surface area contributed by atoms with Crippen molar-refractivity contribution in [2.45, 2.75) is 25.7 Å². The molecule has 106 valence electrons. The summed E-state index contributed by atoms with van der Waals surface area (Å²) in [5.41, 5.74) is 2.50. The predicted octanol–water partition coefficient (Wildman–Crippen LogP) is 3.57. The topological polar surface area (TPSA) is 59.1 Å². The van der Waals surface area contributed by atoms with Gasteiger partial charge in [0.1, 0.15) is 5.82 Å². The zero-order valence-electron chi connectivity index (χ0n) is 11.4. The van der Waals surface area contributed by atoms with E-state index in [0.29, 0.717) is 10.7 Å². The van der Waals surface area contributed by atoms with Gasteiger partial charge in [-0.2, -0.15) is 0 Å². The Morgan fingerprint density at radius 3 is 2.20 bits per heavy atom. The molecular formula is C14H15BrN2O2S. The van der Waals surface area contributed by atoms with E-state index in [9.17, 15) is 8.42 Å². The third-order valence-electron chi connectivity index (χ3n) is 2.84. The molecule has 0 spiro atoms. The van der Waals surface area contributed by atoms with Crippen LogP contribution >= 0.6 is 15.9 Å². The highest BCUT2D eigenvalue weighted by atomic mass is 79.9. The Balaban J connectivity index is 2.43. The minimum absolute atomic E-state index is 0.299. The lowest BCUT2D eigenvalue weighted by atomic mass is 10.1. The quantitative estimate of drug-likeness (QED) is 0.916. The van der Waals surface area contributed by atoms with Crippen molar-refractivity contribution >= 4 is 31.8 Å². The van der Waals surface area contributed by atoms with Gasteiger partial charge < -0.3 is 0 Å². The van der Waals surface area contributed by atoms with E-state index >= 15 is 0 Å². The average Bonchev–Trinajstić information content (AvgIpc) is 2.30. The highest BCUT2D eigenvalue weighted by molar-refractivity contribution is 9.10. The van der Waals surface area contributed by atoms with E-state index < -0.39 is 10.0 Å². The largest absolute Gasteiger partial charge is 0.263 e. The van der Waals surface area contributed by atoms with Crippen molar-refractivity contribution in [3.63, 3.8) is 0 Å². The van der Waals surface area contributed by atoms with Gasteiger partial charge in [0.25, 0.3) is 10.0 Å². The molecule has 2 aromatic rings. The van der Waals surface area contributed by atoms with Crippen molar-refractivity contribution in [1.82, 2.24) is 4.98 Å². The molecule has 0 atom stereocenters. The summed E-state index contributed by atoms with van der Waals surface area (Å²) in [6.07, 6.45) is 1.55. The van der Waals surface area contributed by atoms with Gasteiger partial charge in [-0.1, -0.05) is 17.7 Å². The van der Waals surface area contributed by atoms with Gasteiger partial charge in [-0.25, -0.2) is 13.4 Å². The van der Waals surface area contributed by atoms with Gasteiger partial charge in [0.05, 0.1) is 4.90 Å². The standard InChI is InChI=1S/C14H15BrN2O2S/c1-9-6-10(2)14(11(3)7-9)20(18,19)17-13-5-4-12(15)8-16-13/h4-8H,1-3H3,(H,16,17). The minimum atomic E-state index is -3.63. The number of hydrogen-bond donors (Lipinski definition) is 1. The molecule has 0 saturated carbocycles. The minimum Gasteiger partial charge on any atom is -0.263 e. The molecule has 1 heterocycles. The van der Waals surface area contributed by atoms with Gasteiger partial charge in [0, 0.05) is 10.7 Å². The molecule has 6 heteroatoms. The fourth-order valence-electron chi connectivity index (χ4n) is 2.22. The fraction of sp³-hybridized carbons (Fsp3) is 0.214. The number of benzene rings is 1. The third kappa shape index (κ3) is 3.19. The molecule has 0 aliphatic heterocycles. The maximum Gasteiger partial charge on any atom is 0.263 e. The molecular weight excluding hydrogens is 340 g/mol. The van der Waals surface area contributed by atoms with Gasteiger partial charge in [0.2, 0.25) is 0 Å². The molecule has 2 rings (SSSR count). The molecule has 1 N–H and O–H groups in total. The van der Waals surface area contributed by atoms with Crippen LogP contribution < -0.4 is 4.72 Å². The molecule has 0 aliphatic rings. The first-order valence-corrected chi connectivity index (χ1v) is 8.29. The zero-order chi connectivity index (χ0) is 14.9. The summed E-state index contributed by atoms with van der Waals surface area (Å²) in [4.78, 5) is 4.34. The normalized spacial score (nSPS) is 11.4. The van der Waals surface area contributed by atoms with Gasteiger partial charge in [-0.15, -0.1) is 0 Å². The number of aryl methyl sites for hydroxylation is 3. The van der Waals surface area contributed by atoms with Crippen molar-refractivity contribution in [2.24, 2.45) is 0 Å². The highest BCUT2D eigenvalue weighted by Crippen LogP contribution is 2.24. The van der Waals surface area contributed by atoms with Gasteiger partial charge in [-0.3, -0.25) is 4.72 Å². The monoisotopic (exact) mass is 354 g/mol. The summed E-state index contributed by atoms with van der Waals surface area (Å²) in [5, 5.41) is 0. The molecule has 0 bridgehead atoms. The van der Waals surface area contributed by atoms with Crippen LogP contribution in [0, 0.1) is 20.8 Å². The Labute approximate surface area is 127 Å². The van der Waals surface area contributed by atoms with E-state index in [1.807, 2.05) is 19.1 Å². The second kappa shape index (κ2) is 5.54. The lowest BCUT2D eigenvalue weighted by molar-refractivity contribution is 0.600. The van der Waals surface area contributed by atoms with E-state index in [0.717, 1.165) is 21.2 Å². The summed E-state index contributed by atoms with van der Waals surface area (Å²) >= 11 is 3.26. The molecule has 0 radical (unpaired) electrons. The van der Waals surface area contributed by atoms with E-state index in [1.54, 1.807) is 32.2 Å². The van der Waals surface area contributed by atoms with E-state index in [2.05, 4.69) is 25.6 Å². The van der Waals surface area contributed by atoms with Crippen LogP contribution in [-0.4, -0.2) is 13.4 Å². The lowest BCUT2D eigenvalue weighted by Gasteiger charge is -2.13. The number of halogens is 1. The molecule has 0 unspecified atom stereocenters. The molecule has 1 aromatic carbocycles. The number of rotatable bonds is 3. The summed E-state index contributed by atoms with van der Waals surface area (Å²) in [6.45, 7) is 5.53. The van der Waals surface area contributed by atoms with Crippen LogP contribution in [0.25, 0.3) is 0 Å². The van der Waals surface area contributed by atoms with Crippen LogP contribution in [0.3, 0.4) is 0 Å². The Hall–Kier alpha value is -1.40. The van der Waals surface area contributed by atoms with E-state index in [1.165, 1.54) is 0 Å².